The van der Waals surface area contributed by atoms with Gasteiger partial charge < -0.3 is 20.7 Å². The van der Waals surface area contributed by atoms with Crippen molar-refractivity contribution in [3.05, 3.63) is 34.5 Å². The highest BCUT2D eigenvalue weighted by atomic mass is 32.2. The van der Waals surface area contributed by atoms with Crippen LogP contribution in [0.25, 0.3) is 0 Å². The Labute approximate surface area is 263 Å². The molecule has 2 unspecified atom stereocenters. The smallest absolute Gasteiger partial charge is 0.397 e. The molecule has 1 aromatic heterocycles. The molecule has 0 radical (unpaired) electrons. The van der Waals surface area contributed by atoms with Crippen molar-refractivity contribution >= 4 is 29.6 Å². The van der Waals surface area contributed by atoms with Crippen LogP contribution in [-0.4, -0.2) is 76.8 Å². The first kappa shape index (κ1) is 35.7. The van der Waals surface area contributed by atoms with Crippen LogP contribution in [0.5, 0.6) is 5.88 Å². The standard InChI is InChI=1S/C31H48F3N7O2S/c1-9-24(25(42)15-37-19-44-26(16-36-8)21(4)35)28(40-17-23(20(2)3)14-29(40,6)7)38-22(5)41-13-10-27(39-41)43-18-30(11-12-30)31(32,33)34/h9-10,13,16,20,22-23,37H,11-12,14-15,17-19,35H2,1-8H3/b24-9-,26-21?,36-16?,38-28?. The van der Waals surface area contributed by atoms with Gasteiger partial charge in [-0.2, -0.15) is 13.2 Å². The summed E-state index contributed by atoms with van der Waals surface area (Å²) in [5.74, 6) is 1.94. The van der Waals surface area contributed by atoms with Gasteiger partial charge in [0.1, 0.15) is 24.0 Å². The van der Waals surface area contributed by atoms with E-state index in [0.717, 1.165) is 17.9 Å². The van der Waals surface area contributed by atoms with Gasteiger partial charge in [-0.05, 0) is 65.7 Å². The number of likely N-dealkylation sites (tertiary alicyclic amines) is 1. The molecule has 0 amide bonds. The molecule has 2 aliphatic rings. The molecule has 0 bridgehead atoms. The summed E-state index contributed by atoms with van der Waals surface area (Å²) in [7, 11) is 1.68. The number of aromatic nitrogens is 2. The van der Waals surface area contributed by atoms with Gasteiger partial charge in [-0.15, -0.1) is 16.9 Å². The van der Waals surface area contributed by atoms with E-state index >= 15 is 0 Å². The highest BCUT2D eigenvalue weighted by Gasteiger charge is 2.64. The fourth-order valence-electron chi connectivity index (χ4n) is 5.29. The minimum atomic E-state index is -4.30. The summed E-state index contributed by atoms with van der Waals surface area (Å²) in [5.41, 5.74) is 5.06. The predicted molar refractivity (Wildman–Crippen MR) is 172 cm³/mol. The molecule has 1 aliphatic heterocycles. The number of aliphatic imine (C=N–C) groups is 2. The molecule has 2 heterocycles. The molecule has 2 fully saturated rings. The molecule has 3 N–H and O–H groups in total. The zero-order valence-corrected chi connectivity index (χ0v) is 28.0. The average molecular weight is 640 g/mol. The second kappa shape index (κ2) is 14.5. The van der Waals surface area contributed by atoms with Gasteiger partial charge in [0, 0.05) is 54.1 Å². The number of nitrogens with zero attached hydrogens (tertiary/aromatic N) is 5. The number of alkyl halides is 3. The SMILES string of the molecule is C/C=C(/C(=O)CNCSC(C=NC)=C(C)N)C(=NC(C)n1ccc(OCC2(C(F)(F)F)CC2)n1)N1CC(C(C)C)CC1(C)C. The quantitative estimate of drug-likeness (QED) is 0.0850. The van der Waals surface area contributed by atoms with E-state index < -0.39 is 24.4 Å². The summed E-state index contributed by atoms with van der Waals surface area (Å²) >= 11 is 1.47. The van der Waals surface area contributed by atoms with Crippen LogP contribution in [0.4, 0.5) is 13.2 Å². The molecule has 0 aromatic carbocycles. The van der Waals surface area contributed by atoms with Crippen LogP contribution < -0.4 is 15.8 Å². The predicted octanol–water partition coefficient (Wildman–Crippen LogP) is 5.96. The Morgan fingerprint density at radius 2 is 2.00 bits per heavy atom. The van der Waals surface area contributed by atoms with Gasteiger partial charge in [-0.1, -0.05) is 19.9 Å². The summed E-state index contributed by atoms with van der Waals surface area (Å²) < 4.78 is 47.1. The third-order valence-electron chi connectivity index (χ3n) is 8.42. The molecular formula is C31H48F3N7O2S. The Morgan fingerprint density at radius 3 is 2.52 bits per heavy atom. The van der Waals surface area contributed by atoms with Crippen molar-refractivity contribution in [3.8, 4) is 5.88 Å². The van der Waals surface area contributed by atoms with Crippen LogP contribution in [0.2, 0.25) is 0 Å². The summed E-state index contributed by atoms with van der Waals surface area (Å²) in [4.78, 5) is 25.8. The van der Waals surface area contributed by atoms with E-state index in [2.05, 4.69) is 48.0 Å². The van der Waals surface area contributed by atoms with Crippen molar-refractivity contribution in [3.63, 3.8) is 0 Å². The van der Waals surface area contributed by atoms with Gasteiger partial charge in [0.2, 0.25) is 5.88 Å². The van der Waals surface area contributed by atoms with Crippen LogP contribution in [0.3, 0.4) is 0 Å². The van der Waals surface area contributed by atoms with Crippen molar-refractivity contribution in [2.75, 3.05) is 32.6 Å². The lowest BCUT2D eigenvalue weighted by Gasteiger charge is -2.35. The van der Waals surface area contributed by atoms with Gasteiger partial charge >= 0.3 is 6.18 Å². The molecule has 13 heteroatoms. The second-order valence-electron chi connectivity index (χ2n) is 12.7. The highest BCUT2D eigenvalue weighted by Crippen LogP contribution is 2.57. The molecule has 3 rings (SSSR count). The van der Waals surface area contributed by atoms with Crippen molar-refractivity contribution in [1.82, 2.24) is 20.0 Å². The molecule has 246 valence electrons. The first-order chi connectivity index (χ1) is 20.5. The molecule has 1 saturated heterocycles. The molecule has 44 heavy (non-hydrogen) atoms. The van der Waals surface area contributed by atoms with E-state index in [4.69, 9.17) is 15.5 Å². The number of Topliss-reactive ketones (excluding diaryl/α,β-unsaturated/α-hetero) is 1. The lowest BCUT2D eigenvalue weighted by atomic mass is 9.89. The van der Waals surface area contributed by atoms with Crippen LogP contribution in [-0.2, 0) is 4.79 Å². The van der Waals surface area contributed by atoms with Gasteiger partial charge in [0.05, 0.1) is 12.1 Å². The summed E-state index contributed by atoms with van der Waals surface area (Å²) in [6.07, 6.45) is 1.36. The Hall–Kier alpha value is -2.80. The zero-order valence-electron chi connectivity index (χ0n) is 27.2. The number of nitrogens with one attached hydrogen (secondary N) is 1. The fraction of sp³-hybridized carbons (Fsp3) is 0.677. The number of carbonyl (C=O) groups excluding carboxylic acids is 1. The number of allylic oxidation sites excluding steroid dienone is 3. The number of amidine groups is 1. The van der Waals surface area contributed by atoms with E-state index in [9.17, 15) is 18.0 Å². The van der Waals surface area contributed by atoms with Crippen LogP contribution in [0.1, 0.15) is 73.9 Å². The summed E-state index contributed by atoms with van der Waals surface area (Å²) in [6, 6.07) is 1.55. The molecule has 1 aromatic rings. The van der Waals surface area contributed by atoms with E-state index in [1.165, 1.54) is 11.8 Å². The molecule has 2 atom stereocenters. The third kappa shape index (κ3) is 8.68. The molecular weight excluding hydrogens is 591 g/mol. The Morgan fingerprint density at radius 1 is 1.32 bits per heavy atom. The Kier molecular flexibility index (Phi) is 11.8. The maximum atomic E-state index is 13.6. The number of nitrogens with two attached hydrogens (primary N) is 1. The monoisotopic (exact) mass is 639 g/mol. The van der Waals surface area contributed by atoms with Gasteiger partial charge in [-0.25, -0.2) is 9.67 Å². The average Bonchev–Trinajstić information content (AvgIpc) is 3.48. The molecule has 0 spiro atoms. The molecule has 9 nitrogen and oxygen atoms in total. The number of ketones is 1. The second-order valence-corrected chi connectivity index (χ2v) is 13.7. The summed E-state index contributed by atoms with van der Waals surface area (Å²) in [6.45, 7) is 14.6. The van der Waals surface area contributed by atoms with Gasteiger partial charge in [-0.3, -0.25) is 9.79 Å². The lowest BCUT2D eigenvalue weighted by molar-refractivity contribution is -0.194. The third-order valence-corrected chi connectivity index (χ3v) is 9.50. The van der Waals surface area contributed by atoms with Crippen molar-refractivity contribution in [2.24, 2.45) is 33.0 Å². The maximum absolute atomic E-state index is 13.6. The lowest BCUT2D eigenvalue weighted by Crippen LogP contribution is -2.45. The van der Waals surface area contributed by atoms with Gasteiger partial charge in [0.25, 0.3) is 0 Å². The number of carbonyl (C=O) groups is 1. The number of hydrogen-bond donors (Lipinski definition) is 2. The van der Waals surface area contributed by atoms with Crippen LogP contribution in [0.15, 0.2) is 44.5 Å². The highest BCUT2D eigenvalue weighted by molar-refractivity contribution is 8.03. The van der Waals surface area contributed by atoms with Crippen LogP contribution in [0, 0.1) is 17.3 Å². The van der Waals surface area contributed by atoms with Crippen molar-refractivity contribution in [1.29, 1.82) is 0 Å². The van der Waals surface area contributed by atoms with Crippen LogP contribution >= 0.6 is 11.8 Å². The minimum absolute atomic E-state index is 0.0650. The van der Waals surface area contributed by atoms with E-state index in [1.54, 1.807) is 43.2 Å². The first-order valence-electron chi connectivity index (χ1n) is 15.1. The topological polar surface area (TPSA) is 110 Å². The molecule has 1 aliphatic carbocycles. The minimum Gasteiger partial charge on any atom is -0.476 e. The number of halogens is 3. The number of hydrogen-bond acceptors (Lipinski definition) is 8. The Bertz CT molecular complexity index is 1280. The number of thioether (sulfide) groups is 1. The first-order valence-corrected chi connectivity index (χ1v) is 16.1. The van der Waals surface area contributed by atoms with E-state index in [-0.39, 0.29) is 36.6 Å². The van der Waals surface area contributed by atoms with Crippen molar-refractivity contribution in [2.45, 2.75) is 85.6 Å². The van der Waals surface area contributed by atoms with E-state index in [0.29, 0.717) is 34.8 Å². The zero-order chi connectivity index (χ0) is 32.9. The van der Waals surface area contributed by atoms with Gasteiger partial charge in [0.15, 0.2) is 5.78 Å². The number of rotatable bonds is 14. The normalized spacial score (nSPS) is 21.6. The van der Waals surface area contributed by atoms with Crippen molar-refractivity contribution < 1.29 is 22.7 Å². The van der Waals surface area contributed by atoms with E-state index in [1.807, 2.05) is 13.8 Å². The fourth-order valence-corrected chi connectivity index (χ4v) is 6.06. The Balaban J connectivity index is 1.82. The maximum Gasteiger partial charge on any atom is 0.397 e. The number of ether oxygens (including phenoxy) is 1. The summed E-state index contributed by atoms with van der Waals surface area (Å²) in [5, 5.41) is 7.58. The molecule has 1 saturated carbocycles. The largest absolute Gasteiger partial charge is 0.476 e.